The summed E-state index contributed by atoms with van der Waals surface area (Å²) in [5.41, 5.74) is 3.87. The number of carbonyl (C=O) groups excluding carboxylic acids is 1. The first-order valence-corrected chi connectivity index (χ1v) is 10.4. The molecule has 1 aliphatic rings. The summed E-state index contributed by atoms with van der Waals surface area (Å²) in [7, 11) is 0. The third kappa shape index (κ3) is 3.57. The molecule has 1 aromatic carbocycles. The van der Waals surface area contributed by atoms with E-state index in [0.717, 1.165) is 27.9 Å². The summed E-state index contributed by atoms with van der Waals surface area (Å²) in [6.07, 6.45) is 7.96. The van der Waals surface area contributed by atoms with E-state index in [1.807, 2.05) is 60.7 Å². The van der Waals surface area contributed by atoms with Gasteiger partial charge in [0.15, 0.2) is 0 Å². The van der Waals surface area contributed by atoms with Crippen molar-refractivity contribution in [2.45, 2.75) is 18.3 Å². The molecule has 31 heavy (non-hydrogen) atoms. The molecule has 0 saturated carbocycles. The highest BCUT2D eigenvalue weighted by atomic mass is 35.5. The molecule has 4 aromatic rings. The highest BCUT2D eigenvalue weighted by Gasteiger charge is 2.49. The number of carbonyl (C=O) groups is 1. The number of hydrogen-bond acceptors (Lipinski definition) is 4. The predicted octanol–water partition coefficient (Wildman–Crippen LogP) is 4.87. The van der Waals surface area contributed by atoms with Gasteiger partial charge in [-0.3, -0.25) is 14.8 Å². The van der Waals surface area contributed by atoms with Gasteiger partial charge in [-0.25, -0.2) is 4.98 Å². The number of nitrogens with one attached hydrogen (secondary N) is 1. The van der Waals surface area contributed by atoms with E-state index in [-0.39, 0.29) is 5.91 Å². The third-order valence-electron chi connectivity index (χ3n) is 5.72. The Bertz CT molecular complexity index is 1190. The maximum absolute atomic E-state index is 13.6. The maximum Gasteiger partial charge on any atom is 0.237 e. The highest BCUT2D eigenvalue weighted by molar-refractivity contribution is 6.30. The van der Waals surface area contributed by atoms with Crippen molar-refractivity contribution in [2.75, 3.05) is 5.32 Å². The molecule has 5 nitrogen and oxygen atoms in total. The Kier molecular flexibility index (Phi) is 4.96. The van der Waals surface area contributed by atoms with Crippen LogP contribution in [0.3, 0.4) is 0 Å². The minimum atomic E-state index is -0.853. The van der Waals surface area contributed by atoms with Crippen molar-refractivity contribution >= 4 is 23.3 Å². The summed E-state index contributed by atoms with van der Waals surface area (Å²) in [5, 5.41) is 3.70. The van der Waals surface area contributed by atoms with Gasteiger partial charge in [-0.1, -0.05) is 29.8 Å². The SMILES string of the molecule is O=C1Nc2nccc(-c3ccc(Cl)cc3)c2C1(Cc1ccncc1)Cc1ccccn1. The largest absolute Gasteiger partial charge is 0.310 e. The Hall–Kier alpha value is -3.57. The van der Waals surface area contributed by atoms with Crippen molar-refractivity contribution in [3.63, 3.8) is 0 Å². The van der Waals surface area contributed by atoms with Crippen LogP contribution in [0.4, 0.5) is 5.82 Å². The Morgan fingerprint density at radius 3 is 2.39 bits per heavy atom. The van der Waals surface area contributed by atoms with E-state index in [1.165, 1.54) is 0 Å². The van der Waals surface area contributed by atoms with Gasteiger partial charge in [0.05, 0.1) is 5.41 Å². The smallest absolute Gasteiger partial charge is 0.237 e. The maximum atomic E-state index is 13.6. The average Bonchev–Trinajstić information content (AvgIpc) is 3.07. The van der Waals surface area contributed by atoms with Crippen molar-refractivity contribution < 1.29 is 4.79 Å². The summed E-state index contributed by atoms with van der Waals surface area (Å²) >= 11 is 6.12. The van der Waals surface area contributed by atoms with Crippen LogP contribution in [-0.2, 0) is 23.1 Å². The molecule has 0 aliphatic carbocycles. The summed E-state index contributed by atoms with van der Waals surface area (Å²) < 4.78 is 0. The zero-order chi connectivity index (χ0) is 21.3. The van der Waals surface area contributed by atoms with Crippen LogP contribution in [0.1, 0.15) is 16.8 Å². The first-order valence-electron chi connectivity index (χ1n) is 10.0. The van der Waals surface area contributed by atoms with Crippen molar-refractivity contribution in [1.29, 1.82) is 0 Å². The van der Waals surface area contributed by atoms with Gasteiger partial charge >= 0.3 is 0 Å². The van der Waals surface area contributed by atoms with Crippen LogP contribution in [-0.4, -0.2) is 20.9 Å². The molecule has 1 atom stereocenters. The number of hydrogen-bond donors (Lipinski definition) is 1. The van der Waals surface area contributed by atoms with Gasteiger partial charge < -0.3 is 5.32 Å². The molecular weight excluding hydrogens is 408 g/mol. The molecule has 0 bridgehead atoms. The predicted molar refractivity (Wildman–Crippen MR) is 121 cm³/mol. The van der Waals surface area contributed by atoms with Gasteiger partial charge in [-0.05, 0) is 65.6 Å². The third-order valence-corrected chi connectivity index (χ3v) is 5.97. The number of amides is 1. The zero-order valence-electron chi connectivity index (χ0n) is 16.6. The van der Waals surface area contributed by atoms with E-state index in [2.05, 4.69) is 20.3 Å². The quantitative estimate of drug-likeness (QED) is 0.494. The van der Waals surface area contributed by atoms with Crippen LogP contribution >= 0.6 is 11.6 Å². The monoisotopic (exact) mass is 426 g/mol. The lowest BCUT2D eigenvalue weighted by molar-refractivity contribution is -0.120. The van der Waals surface area contributed by atoms with Crippen LogP contribution in [0.15, 0.2) is 85.5 Å². The summed E-state index contributed by atoms with van der Waals surface area (Å²) in [6.45, 7) is 0. The fourth-order valence-corrected chi connectivity index (χ4v) is 4.44. The van der Waals surface area contributed by atoms with Gasteiger partial charge in [0.2, 0.25) is 5.91 Å². The molecule has 5 rings (SSSR count). The first-order chi connectivity index (χ1) is 15.2. The van der Waals surface area contributed by atoms with Crippen LogP contribution in [0, 0.1) is 0 Å². The van der Waals surface area contributed by atoms with E-state index in [4.69, 9.17) is 11.6 Å². The highest BCUT2D eigenvalue weighted by Crippen LogP contribution is 2.46. The first kappa shape index (κ1) is 19.4. The van der Waals surface area contributed by atoms with Crippen LogP contribution < -0.4 is 5.32 Å². The summed E-state index contributed by atoms with van der Waals surface area (Å²) in [4.78, 5) is 26.7. The van der Waals surface area contributed by atoms with Crippen LogP contribution in [0.25, 0.3) is 11.1 Å². The van der Waals surface area contributed by atoms with Gasteiger partial charge in [-0.2, -0.15) is 0 Å². The Morgan fingerprint density at radius 1 is 0.839 bits per heavy atom. The Labute approximate surface area is 185 Å². The van der Waals surface area contributed by atoms with E-state index < -0.39 is 5.41 Å². The number of halogens is 1. The molecule has 1 amide bonds. The van der Waals surface area contributed by atoms with Gasteiger partial charge in [0.25, 0.3) is 0 Å². The lowest BCUT2D eigenvalue weighted by Gasteiger charge is -2.29. The number of pyridine rings is 3. The molecule has 3 aromatic heterocycles. The molecule has 4 heterocycles. The van der Waals surface area contributed by atoms with E-state index in [1.54, 1.807) is 24.8 Å². The summed E-state index contributed by atoms with van der Waals surface area (Å²) in [5.74, 6) is 0.529. The van der Waals surface area contributed by atoms with E-state index >= 15 is 0 Å². The second-order valence-electron chi connectivity index (χ2n) is 7.66. The van der Waals surface area contributed by atoms with Crippen LogP contribution in [0.5, 0.6) is 0 Å². The number of aromatic nitrogens is 3. The fraction of sp³-hybridized carbons (Fsp3) is 0.120. The van der Waals surface area contributed by atoms with Gasteiger partial charge in [0, 0.05) is 47.5 Å². The molecule has 0 spiro atoms. The lowest BCUT2D eigenvalue weighted by Crippen LogP contribution is -2.39. The van der Waals surface area contributed by atoms with Crippen molar-refractivity contribution in [2.24, 2.45) is 0 Å². The lowest BCUT2D eigenvalue weighted by atomic mass is 9.71. The number of anilines is 1. The van der Waals surface area contributed by atoms with Crippen molar-refractivity contribution in [1.82, 2.24) is 15.0 Å². The van der Waals surface area contributed by atoms with Crippen LogP contribution in [0.2, 0.25) is 5.02 Å². The van der Waals surface area contributed by atoms with Gasteiger partial charge in [-0.15, -0.1) is 0 Å². The molecule has 6 heteroatoms. The average molecular weight is 427 g/mol. The van der Waals surface area contributed by atoms with E-state index in [9.17, 15) is 4.79 Å². The zero-order valence-corrected chi connectivity index (χ0v) is 17.4. The Balaban J connectivity index is 1.72. The topological polar surface area (TPSA) is 67.8 Å². The van der Waals surface area contributed by atoms with Crippen molar-refractivity contribution in [3.05, 3.63) is 107 Å². The second-order valence-corrected chi connectivity index (χ2v) is 8.09. The van der Waals surface area contributed by atoms with E-state index in [0.29, 0.717) is 23.7 Å². The molecule has 0 radical (unpaired) electrons. The molecule has 1 aliphatic heterocycles. The molecule has 0 saturated heterocycles. The number of nitrogens with zero attached hydrogens (tertiary/aromatic N) is 3. The normalized spacial score (nSPS) is 17.3. The Morgan fingerprint density at radius 2 is 1.65 bits per heavy atom. The van der Waals surface area contributed by atoms with Crippen molar-refractivity contribution in [3.8, 4) is 11.1 Å². The number of rotatable bonds is 5. The molecule has 152 valence electrons. The molecular formula is C25H19ClN4O. The number of fused-ring (bicyclic) bond motifs is 1. The molecule has 1 unspecified atom stereocenters. The summed E-state index contributed by atoms with van der Waals surface area (Å²) in [6, 6.07) is 19.3. The standard InChI is InChI=1S/C25H19ClN4O/c26-19-6-4-18(5-7-19)21-10-14-29-23-22(21)25(24(31)30-23,15-17-8-12-27-13-9-17)16-20-3-1-2-11-28-20/h1-14H,15-16H2,(H,29,30,31). The minimum absolute atomic E-state index is 0.0705. The minimum Gasteiger partial charge on any atom is -0.310 e. The molecule has 0 fully saturated rings. The fourth-order valence-electron chi connectivity index (χ4n) is 4.31. The number of benzene rings is 1. The second kappa shape index (κ2) is 7.93. The van der Waals surface area contributed by atoms with Gasteiger partial charge in [0.1, 0.15) is 5.82 Å². The molecule has 1 N–H and O–H groups in total.